The Bertz CT molecular complexity index is 605. The van der Waals surface area contributed by atoms with Crippen molar-refractivity contribution in [3.05, 3.63) is 62.0 Å². The molecule has 0 unspecified atom stereocenters. The molecule has 2 rings (SSSR count). The molecule has 1 N–H and O–H groups in total. The highest BCUT2D eigenvalue weighted by Gasteiger charge is 2.05. The number of nitriles is 1. The van der Waals surface area contributed by atoms with Gasteiger partial charge in [0.2, 0.25) is 0 Å². The molecule has 0 heterocycles. The lowest BCUT2D eigenvalue weighted by molar-refractivity contribution is 1.14. The molecule has 2 nitrogen and oxygen atoms in total. The highest BCUT2D eigenvalue weighted by molar-refractivity contribution is 9.11. The molecule has 0 saturated heterocycles. The zero-order valence-corrected chi connectivity index (χ0v) is 13.5. The van der Waals surface area contributed by atoms with Gasteiger partial charge in [-0.3, -0.25) is 0 Å². The van der Waals surface area contributed by atoms with Crippen molar-refractivity contribution < 1.29 is 0 Å². The monoisotopic (exact) mass is 378 g/mol. The SMILES string of the molecule is Cc1cc(Br)c(NCc2ccc(C#N)cc2)c(Br)c1. The Morgan fingerprint density at radius 3 is 2.21 bits per heavy atom. The molecule has 0 spiro atoms. The number of halogens is 2. The van der Waals surface area contributed by atoms with Gasteiger partial charge in [-0.25, -0.2) is 0 Å². The van der Waals surface area contributed by atoms with Gasteiger partial charge in [0, 0.05) is 15.5 Å². The lowest BCUT2D eigenvalue weighted by Gasteiger charge is -2.12. The molecule has 0 amide bonds. The molecule has 19 heavy (non-hydrogen) atoms. The van der Waals surface area contributed by atoms with Crippen LogP contribution >= 0.6 is 31.9 Å². The Hall–Kier alpha value is -1.31. The van der Waals surface area contributed by atoms with Crippen molar-refractivity contribution in [3.8, 4) is 6.07 Å². The molecule has 0 aliphatic rings. The Balaban J connectivity index is 2.12. The summed E-state index contributed by atoms with van der Waals surface area (Å²) in [5.74, 6) is 0. The number of rotatable bonds is 3. The second-order valence-corrected chi connectivity index (χ2v) is 5.97. The lowest BCUT2D eigenvalue weighted by Crippen LogP contribution is -2.01. The molecule has 0 bridgehead atoms. The summed E-state index contributed by atoms with van der Waals surface area (Å²) < 4.78 is 2.07. The van der Waals surface area contributed by atoms with Crippen molar-refractivity contribution in [2.45, 2.75) is 13.5 Å². The molecule has 0 saturated carbocycles. The molecule has 2 aromatic carbocycles. The predicted molar refractivity (Wildman–Crippen MR) is 85.1 cm³/mol. The van der Waals surface area contributed by atoms with Gasteiger partial charge in [-0.2, -0.15) is 5.26 Å². The van der Waals surface area contributed by atoms with E-state index in [-0.39, 0.29) is 0 Å². The average molecular weight is 380 g/mol. The molecule has 0 fully saturated rings. The first-order valence-electron chi connectivity index (χ1n) is 5.78. The minimum atomic E-state index is 0.682. The average Bonchev–Trinajstić information content (AvgIpc) is 2.38. The maximum absolute atomic E-state index is 8.76. The fourth-order valence-corrected chi connectivity index (χ4v) is 3.45. The third kappa shape index (κ3) is 3.59. The van der Waals surface area contributed by atoms with E-state index >= 15 is 0 Å². The number of benzene rings is 2. The van der Waals surface area contributed by atoms with Gasteiger partial charge in [-0.1, -0.05) is 12.1 Å². The number of anilines is 1. The molecule has 0 aliphatic carbocycles. The molecular weight excluding hydrogens is 368 g/mol. The van der Waals surface area contributed by atoms with Crippen LogP contribution in [0.25, 0.3) is 0 Å². The van der Waals surface area contributed by atoms with E-state index in [0.717, 1.165) is 20.2 Å². The van der Waals surface area contributed by atoms with E-state index in [4.69, 9.17) is 5.26 Å². The van der Waals surface area contributed by atoms with E-state index in [9.17, 15) is 0 Å². The first-order chi connectivity index (χ1) is 9.10. The third-order valence-corrected chi connectivity index (χ3v) is 3.99. The molecule has 4 heteroatoms. The standard InChI is InChI=1S/C15H12Br2N2/c1-10-6-13(16)15(14(17)7-10)19-9-12-4-2-11(8-18)3-5-12/h2-7,19H,9H2,1H3. The maximum Gasteiger partial charge on any atom is 0.0991 e. The Labute approximate surface area is 129 Å². The van der Waals surface area contributed by atoms with E-state index in [2.05, 4.69) is 62.3 Å². The first kappa shape index (κ1) is 14.1. The Morgan fingerprint density at radius 2 is 1.68 bits per heavy atom. The molecule has 2 aromatic rings. The highest BCUT2D eigenvalue weighted by Crippen LogP contribution is 2.32. The quantitative estimate of drug-likeness (QED) is 0.813. The number of hydrogen-bond donors (Lipinski definition) is 1. The maximum atomic E-state index is 8.76. The fraction of sp³-hybridized carbons (Fsp3) is 0.133. The van der Waals surface area contributed by atoms with Gasteiger partial charge >= 0.3 is 0 Å². The second kappa shape index (κ2) is 6.23. The van der Waals surface area contributed by atoms with Gasteiger partial charge in [0.25, 0.3) is 0 Å². The zero-order chi connectivity index (χ0) is 13.8. The van der Waals surface area contributed by atoms with Crippen LogP contribution in [0.4, 0.5) is 5.69 Å². The van der Waals surface area contributed by atoms with Gasteiger partial charge in [0.1, 0.15) is 0 Å². The van der Waals surface area contributed by atoms with E-state index in [0.29, 0.717) is 12.1 Å². The largest absolute Gasteiger partial charge is 0.379 e. The van der Waals surface area contributed by atoms with Gasteiger partial charge in [-0.15, -0.1) is 0 Å². The predicted octanol–water partition coefficient (Wildman–Crippen LogP) is 5.00. The van der Waals surface area contributed by atoms with Crippen LogP contribution in [0.1, 0.15) is 16.7 Å². The van der Waals surface area contributed by atoms with Crippen molar-refractivity contribution >= 4 is 37.5 Å². The van der Waals surface area contributed by atoms with Gasteiger partial charge in [0.05, 0.1) is 17.3 Å². The third-order valence-electron chi connectivity index (χ3n) is 2.74. The normalized spacial score (nSPS) is 10.0. The van der Waals surface area contributed by atoms with Crippen molar-refractivity contribution in [3.63, 3.8) is 0 Å². The smallest absolute Gasteiger partial charge is 0.0991 e. The lowest BCUT2D eigenvalue weighted by atomic mass is 10.1. The minimum absolute atomic E-state index is 0.682. The summed E-state index contributed by atoms with van der Waals surface area (Å²) in [4.78, 5) is 0. The first-order valence-corrected chi connectivity index (χ1v) is 7.37. The van der Waals surface area contributed by atoms with Crippen molar-refractivity contribution in [2.75, 3.05) is 5.32 Å². The summed E-state index contributed by atoms with van der Waals surface area (Å²) in [5.41, 5.74) is 4.05. The Kier molecular flexibility index (Phi) is 4.62. The van der Waals surface area contributed by atoms with Crippen LogP contribution in [0.2, 0.25) is 0 Å². The molecule has 96 valence electrons. The van der Waals surface area contributed by atoms with Gasteiger partial charge < -0.3 is 5.32 Å². The molecular formula is C15H12Br2N2. The van der Waals surface area contributed by atoms with Crippen molar-refractivity contribution in [2.24, 2.45) is 0 Å². The summed E-state index contributed by atoms with van der Waals surface area (Å²) in [6.07, 6.45) is 0. The molecule has 0 aliphatic heterocycles. The van der Waals surface area contributed by atoms with E-state index in [1.807, 2.05) is 24.3 Å². The highest BCUT2D eigenvalue weighted by atomic mass is 79.9. The summed E-state index contributed by atoms with van der Waals surface area (Å²) >= 11 is 7.12. The molecule has 0 atom stereocenters. The minimum Gasteiger partial charge on any atom is -0.379 e. The fourth-order valence-electron chi connectivity index (χ4n) is 1.76. The van der Waals surface area contributed by atoms with E-state index < -0.39 is 0 Å². The number of nitrogens with zero attached hydrogens (tertiary/aromatic N) is 1. The van der Waals surface area contributed by atoms with Crippen LogP contribution in [0.3, 0.4) is 0 Å². The second-order valence-electron chi connectivity index (χ2n) is 4.27. The number of nitrogens with one attached hydrogen (secondary N) is 1. The van der Waals surface area contributed by atoms with Crippen LogP contribution in [0, 0.1) is 18.3 Å². The summed E-state index contributed by atoms with van der Waals surface area (Å²) in [5, 5.41) is 12.1. The van der Waals surface area contributed by atoms with Crippen LogP contribution in [-0.2, 0) is 6.54 Å². The molecule has 0 radical (unpaired) electrons. The molecule has 0 aromatic heterocycles. The number of hydrogen-bond acceptors (Lipinski definition) is 2. The van der Waals surface area contributed by atoms with Crippen molar-refractivity contribution in [1.29, 1.82) is 5.26 Å². The van der Waals surface area contributed by atoms with E-state index in [1.54, 1.807) is 0 Å². The van der Waals surface area contributed by atoms with Crippen LogP contribution < -0.4 is 5.32 Å². The summed E-state index contributed by atoms with van der Waals surface area (Å²) in [6, 6.07) is 13.8. The number of aryl methyl sites for hydroxylation is 1. The van der Waals surface area contributed by atoms with Crippen LogP contribution in [-0.4, -0.2) is 0 Å². The Morgan fingerprint density at radius 1 is 1.11 bits per heavy atom. The van der Waals surface area contributed by atoms with Crippen LogP contribution in [0.5, 0.6) is 0 Å². The topological polar surface area (TPSA) is 35.8 Å². The van der Waals surface area contributed by atoms with Crippen molar-refractivity contribution in [1.82, 2.24) is 0 Å². The van der Waals surface area contributed by atoms with Gasteiger partial charge in [-0.05, 0) is 74.2 Å². The summed E-state index contributed by atoms with van der Waals surface area (Å²) in [6.45, 7) is 2.77. The summed E-state index contributed by atoms with van der Waals surface area (Å²) in [7, 11) is 0. The zero-order valence-electron chi connectivity index (χ0n) is 10.4. The van der Waals surface area contributed by atoms with E-state index in [1.165, 1.54) is 5.56 Å². The van der Waals surface area contributed by atoms with Crippen LogP contribution in [0.15, 0.2) is 45.3 Å². The van der Waals surface area contributed by atoms with Gasteiger partial charge in [0.15, 0.2) is 0 Å².